The van der Waals surface area contributed by atoms with Crippen molar-refractivity contribution in [1.82, 2.24) is 20.2 Å². The molecule has 0 saturated heterocycles. The van der Waals surface area contributed by atoms with Crippen LogP contribution in [0.15, 0.2) is 67.0 Å². The number of Topliss-reactive ketones (excluding diaryl/α,β-unsaturated/α-hetero) is 1. The Morgan fingerprint density at radius 2 is 1.86 bits per heavy atom. The molecular formula is C22H15ClN4O. The number of fused-ring (bicyclic) bond motifs is 2. The molecule has 0 aliphatic heterocycles. The predicted molar refractivity (Wildman–Crippen MR) is 111 cm³/mol. The van der Waals surface area contributed by atoms with Gasteiger partial charge in [0, 0.05) is 40.2 Å². The van der Waals surface area contributed by atoms with Crippen LogP contribution in [0.1, 0.15) is 16.1 Å². The number of nitrogens with zero attached hydrogens (tertiary/aromatic N) is 2. The number of nitrogens with one attached hydrogen (secondary N) is 2. The summed E-state index contributed by atoms with van der Waals surface area (Å²) in [6, 6.07) is 17.1. The molecule has 3 aromatic heterocycles. The normalized spacial score (nSPS) is 11.3. The summed E-state index contributed by atoms with van der Waals surface area (Å²) < 4.78 is 0. The third kappa shape index (κ3) is 2.96. The first-order valence-corrected chi connectivity index (χ1v) is 9.24. The lowest BCUT2D eigenvalue weighted by atomic mass is 10.1. The number of hydrogen-bond donors (Lipinski definition) is 2. The van der Waals surface area contributed by atoms with Crippen molar-refractivity contribution in [2.24, 2.45) is 0 Å². The van der Waals surface area contributed by atoms with Crippen molar-refractivity contribution in [2.45, 2.75) is 6.42 Å². The van der Waals surface area contributed by atoms with E-state index in [0.717, 1.165) is 38.6 Å². The van der Waals surface area contributed by atoms with Gasteiger partial charge in [0.2, 0.25) is 0 Å². The second kappa shape index (κ2) is 6.62. The molecule has 0 unspecified atom stereocenters. The quantitative estimate of drug-likeness (QED) is 0.417. The van der Waals surface area contributed by atoms with Crippen molar-refractivity contribution in [3.8, 4) is 11.3 Å². The summed E-state index contributed by atoms with van der Waals surface area (Å²) in [7, 11) is 0. The molecule has 0 radical (unpaired) electrons. The van der Waals surface area contributed by atoms with E-state index in [1.807, 2.05) is 42.5 Å². The summed E-state index contributed by atoms with van der Waals surface area (Å²) >= 11 is 6.01. The molecule has 6 heteroatoms. The Kier molecular flexibility index (Phi) is 3.95. The highest BCUT2D eigenvalue weighted by molar-refractivity contribution is 6.30. The van der Waals surface area contributed by atoms with Crippen molar-refractivity contribution >= 4 is 39.2 Å². The van der Waals surface area contributed by atoms with Crippen molar-refractivity contribution in [2.75, 3.05) is 0 Å². The topological polar surface area (TPSA) is 74.4 Å². The van der Waals surface area contributed by atoms with Gasteiger partial charge in [-0.05, 0) is 48.0 Å². The molecule has 0 aliphatic rings. The van der Waals surface area contributed by atoms with Crippen LogP contribution in [0.3, 0.4) is 0 Å². The zero-order valence-electron chi connectivity index (χ0n) is 14.7. The van der Waals surface area contributed by atoms with Gasteiger partial charge in [-0.2, -0.15) is 0 Å². The molecule has 0 spiro atoms. The number of ketones is 1. The van der Waals surface area contributed by atoms with Crippen LogP contribution >= 0.6 is 11.6 Å². The summed E-state index contributed by atoms with van der Waals surface area (Å²) in [6.07, 6.45) is 3.80. The Morgan fingerprint density at radius 1 is 1.00 bits per heavy atom. The average molecular weight is 387 g/mol. The minimum atomic E-state index is -0.0250. The van der Waals surface area contributed by atoms with E-state index in [-0.39, 0.29) is 12.2 Å². The number of benzene rings is 2. The molecule has 0 amide bonds. The highest BCUT2D eigenvalue weighted by atomic mass is 35.5. The zero-order chi connectivity index (χ0) is 19.1. The van der Waals surface area contributed by atoms with Gasteiger partial charge in [-0.3, -0.25) is 14.9 Å². The SMILES string of the molecule is O=C(Cc1cccc(Cl)c1)c1cc2cc3c(-c4ccncc4)[nH][nH]c3cc2n1. The maximum atomic E-state index is 12.7. The molecule has 0 fully saturated rings. The van der Waals surface area contributed by atoms with Crippen molar-refractivity contribution in [1.29, 1.82) is 0 Å². The lowest BCUT2D eigenvalue weighted by Gasteiger charge is -1.99. The van der Waals surface area contributed by atoms with Gasteiger partial charge in [-0.1, -0.05) is 23.7 Å². The van der Waals surface area contributed by atoms with E-state index in [9.17, 15) is 4.79 Å². The first kappa shape index (κ1) is 16.7. The van der Waals surface area contributed by atoms with E-state index in [4.69, 9.17) is 11.6 Å². The number of halogens is 1. The second-order valence-electron chi connectivity index (χ2n) is 6.69. The smallest absolute Gasteiger partial charge is 0.185 e. The highest BCUT2D eigenvalue weighted by Gasteiger charge is 2.14. The fourth-order valence-corrected chi connectivity index (χ4v) is 3.66. The van der Waals surface area contributed by atoms with Gasteiger partial charge in [0.15, 0.2) is 5.78 Å². The Balaban J connectivity index is 1.53. The predicted octanol–water partition coefficient (Wildman–Crippen LogP) is 5.19. The molecule has 5 aromatic rings. The Bertz CT molecular complexity index is 1320. The number of aromatic nitrogens is 4. The van der Waals surface area contributed by atoms with Crippen LogP contribution < -0.4 is 0 Å². The van der Waals surface area contributed by atoms with Gasteiger partial charge < -0.3 is 5.10 Å². The molecule has 2 N–H and O–H groups in total. The first-order valence-electron chi connectivity index (χ1n) is 8.86. The molecule has 0 atom stereocenters. The molecule has 136 valence electrons. The Morgan fingerprint density at radius 3 is 2.68 bits per heavy atom. The van der Waals surface area contributed by atoms with Gasteiger partial charge >= 0.3 is 0 Å². The van der Waals surface area contributed by atoms with Crippen LogP contribution in [-0.2, 0) is 6.42 Å². The van der Waals surface area contributed by atoms with Crippen LogP contribution in [0.2, 0.25) is 5.02 Å². The van der Waals surface area contributed by atoms with Gasteiger partial charge in [0.05, 0.1) is 16.7 Å². The van der Waals surface area contributed by atoms with Crippen molar-refractivity contribution in [3.05, 3.63) is 83.3 Å². The molecule has 5 rings (SSSR count). The van der Waals surface area contributed by atoms with Crippen molar-refractivity contribution in [3.63, 3.8) is 0 Å². The summed E-state index contributed by atoms with van der Waals surface area (Å²) in [5.41, 5.74) is 5.10. The van der Waals surface area contributed by atoms with Gasteiger partial charge in [-0.25, -0.2) is 4.98 Å². The largest absolute Gasteiger partial charge is 0.300 e. The third-order valence-electron chi connectivity index (χ3n) is 4.80. The number of pyridine rings is 1. The monoisotopic (exact) mass is 386 g/mol. The fraction of sp³-hybridized carbons (Fsp3) is 0.0455. The van der Waals surface area contributed by atoms with E-state index in [0.29, 0.717) is 10.7 Å². The minimum absolute atomic E-state index is 0.0250. The van der Waals surface area contributed by atoms with E-state index < -0.39 is 0 Å². The average Bonchev–Trinajstić information content (AvgIpc) is 3.30. The first-order chi connectivity index (χ1) is 13.7. The van der Waals surface area contributed by atoms with Crippen LogP contribution in [-0.4, -0.2) is 25.9 Å². The number of hydrogen-bond acceptors (Lipinski definition) is 3. The highest BCUT2D eigenvalue weighted by Crippen LogP contribution is 2.30. The second-order valence-corrected chi connectivity index (χ2v) is 7.13. The molecule has 2 aromatic carbocycles. The van der Waals surface area contributed by atoms with Gasteiger partial charge in [0.25, 0.3) is 0 Å². The lowest BCUT2D eigenvalue weighted by molar-refractivity contribution is 0.0989. The van der Waals surface area contributed by atoms with Gasteiger partial charge in [-0.15, -0.1) is 0 Å². The molecule has 0 aliphatic carbocycles. The van der Waals surface area contributed by atoms with Crippen LogP contribution in [0.25, 0.3) is 33.1 Å². The molecule has 0 bridgehead atoms. The summed E-state index contributed by atoms with van der Waals surface area (Å²) in [4.78, 5) is 21.3. The van der Waals surface area contributed by atoms with Crippen LogP contribution in [0.5, 0.6) is 0 Å². The number of carbonyl (C=O) groups is 1. The summed E-state index contributed by atoms with van der Waals surface area (Å²) in [5, 5.41) is 8.99. The molecule has 5 nitrogen and oxygen atoms in total. The number of H-pyrrole nitrogens is 2. The van der Waals surface area contributed by atoms with E-state index in [2.05, 4.69) is 26.2 Å². The maximum absolute atomic E-state index is 12.7. The third-order valence-corrected chi connectivity index (χ3v) is 5.03. The van der Waals surface area contributed by atoms with Crippen LogP contribution in [0.4, 0.5) is 0 Å². The Labute approximate surface area is 165 Å². The molecule has 0 saturated carbocycles. The van der Waals surface area contributed by atoms with E-state index >= 15 is 0 Å². The van der Waals surface area contributed by atoms with Crippen LogP contribution in [0, 0.1) is 0 Å². The number of aromatic amines is 2. The standard InChI is InChI=1S/C22H15ClN4O/c23-16-3-1-2-13(8-16)9-21(28)20-11-15-10-17-19(12-18(15)25-20)26-27-22(17)14-4-6-24-7-5-14/h1-8,10-12,26-27H,9H2. The van der Waals surface area contributed by atoms with Crippen molar-refractivity contribution < 1.29 is 4.79 Å². The summed E-state index contributed by atoms with van der Waals surface area (Å²) in [6.45, 7) is 0. The minimum Gasteiger partial charge on any atom is -0.300 e. The Hall–Kier alpha value is -3.44. The van der Waals surface area contributed by atoms with E-state index in [1.54, 1.807) is 18.5 Å². The lowest BCUT2D eigenvalue weighted by Crippen LogP contribution is -2.03. The molecule has 28 heavy (non-hydrogen) atoms. The zero-order valence-corrected chi connectivity index (χ0v) is 15.5. The van der Waals surface area contributed by atoms with Gasteiger partial charge in [0.1, 0.15) is 5.69 Å². The number of carbonyl (C=O) groups excluding carboxylic acids is 1. The van der Waals surface area contributed by atoms with E-state index in [1.165, 1.54) is 0 Å². The summed E-state index contributed by atoms with van der Waals surface area (Å²) in [5.74, 6) is -0.0250. The molecular weight excluding hydrogens is 372 g/mol. The maximum Gasteiger partial charge on any atom is 0.185 e. The number of rotatable bonds is 4. The molecule has 3 heterocycles. The fourth-order valence-electron chi connectivity index (χ4n) is 3.45.